The molecule has 0 radical (unpaired) electrons. The summed E-state index contributed by atoms with van der Waals surface area (Å²) >= 11 is 2.07. The highest BCUT2D eigenvalue weighted by atomic mass is 32.2. The fraction of sp³-hybridized carbons (Fsp3) is 0.625. The second-order valence-electron chi connectivity index (χ2n) is 5.35. The number of rotatable bonds is 5. The van der Waals surface area contributed by atoms with Crippen LogP contribution in [0.2, 0.25) is 0 Å². The number of benzene rings is 1. The maximum atomic E-state index is 13.4. The number of thioether (sulfide) groups is 1. The molecular weight excluding hydrogens is 257 g/mol. The molecule has 1 saturated heterocycles. The third-order valence-electron chi connectivity index (χ3n) is 3.74. The first-order valence-corrected chi connectivity index (χ1v) is 8.38. The number of aryl methyl sites for hydroxylation is 1. The lowest BCUT2D eigenvalue weighted by Crippen LogP contribution is -2.32. The average molecular weight is 281 g/mol. The molecule has 2 unspecified atom stereocenters. The Hall–Kier alpha value is -0.540. The van der Waals surface area contributed by atoms with Crippen LogP contribution in [0.25, 0.3) is 0 Å². The molecule has 1 N–H and O–H groups in total. The van der Waals surface area contributed by atoms with Crippen molar-refractivity contribution in [1.82, 2.24) is 5.32 Å². The van der Waals surface area contributed by atoms with Gasteiger partial charge in [-0.3, -0.25) is 0 Å². The lowest BCUT2D eigenvalue weighted by atomic mass is 9.97. The molecule has 1 aliphatic heterocycles. The molecule has 0 amide bonds. The van der Waals surface area contributed by atoms with Crippen LogP contribution in [0.4, 0.5) is 4.39 Å². The highest BCUT2D eigenvalue weighted by Crippen LogP contribution is 2.35. The first-order chi connectivity index (χ1) is 9.22. The van der Waals surface area contributed by atoms with Crippen LogP contribution in [0.1, 0.15) is 49.8 Å². The first kappa shape index (κ1) is 14.9. The van der Waals surface area contributed by atoms with E-state index in [1.165, 1.54) is 30.6 Å². The van der Waals surface area contributed by atoms with Crippen LogP contribution in [0, 0.1) is 12.7 Å². The highest BCUT2D eigenvalue weighted by molar-refractivity contribution is 8.00. The Morgan fingerprint density at radius 1 is 1.42 bits per heavy atom. The zero-order chi connectivity index (χ0) is 13.7. The quantitative estimate of drug-likeness (QED) is 0.855. The van der Waals surface area contributed by atoms with E-state index in [4.69, 9.17) is 0 Å². The minimum absolute atomic E-state index is 0.103. The van der Waals surface area contributed by atoms with Crippen molar-refractivity contribution in [3.8, 4) is 0 Å². The average Bonchev–Trinajstić information content (AvgIpc) is 2.44. The number of hydrogen-bond acceptors (Lipinski definition) is 2. The van der Waals surface area contributed by atoms with E-state index in [9.17, 15) is 4.39 Å². The first-order valence-electron chi connectivity index (χ1n) is 7.33. The van der Waals surface area contributed by atoms with Crippen LogP contribution >= 0.6 is 11.8 Å². The minimum atomic E-state index is -0.103. The van der Waals surface area contributed by atoms with Gasteiger partial charge < -0.3 is 5.32 Å². The van der Waals surface area contributed by atoms with E-state index in [0.29, 0.717) is 11.3 Å². The molecule has 3 heteroatoms. The van der Waals surface area contributed by atoms with Gasteiger partial charge >= 0.3 is 0 Å². The normalized spacial score (nSPS) is 21.3. The van der Waals surface area contributed by atoms with Crippen molar-refractivity contribution >= 4 is 11.8 Å². The van der Waals surface area contributed by atoms with Gasteiger partial charge in [-0.25, -0.2) is 4.39 Å². The molecule has 1 fully saturated rings. The number of hydrogen-bond donors (Lipinski definition) is 1. The molecule has 0 aromatic heterocycles. The van der Waals surface area contributed by atoms with Crippen LogP contribution in [0.15, 0.2) is 18.2 Å². The van der Waals surface area contributed by atoms with E-state index in [0.717, 1.165) is 18.5 Å². The predicted octanol–water partition coefficient (Wildman–Crippen LogP) is 4.46. The molecule has 19 heavy (non-hydrogen) atoms. The summed E-state index contributed by atoms with van der Waals surface area (Å²) in [7, 11) is 0. The van der Waals surface area contributed by atoms with Crippen molar-refractivity contribution in [1.29, 1.82) is 0 Å². The zero-order valence-electron chi connectivity index (χ0n) is 11.9. The second-order valence-corrected chi connectivity index (χ2v) is 6.69. The molecule has 1 aromatic rings. The van der Waals surface area contributed by atoms with Crippen LogP contribution in [0.3, 0.4) is 0 Å². The van der Waals surface area contributed by atoms with Crippen molar-refractivity contribution in [2.45, 2.75) is 50.8 Å². The number of halogens is 1. The van der Waals surface area contributed by atoms with Gasteiger partial charge in [0.25, 0.3) is 0 Å². The van der Waals surface area contributed by atoms with Crippen LogP contribution in [0.5, 0.6) is 0 Å². The molecule has 0 aliphatic carbocycles. The standard InChI is InChI=1S/C16H24FNS/c1-3-9-18-16(15-6-4-5-10-19-15)13-7-8-14(17)12(2)11-13/h7-8,11,15-16,18H,3-6,9-10H2,1-2H3. The molecular formula is C16H24FNS. The summed E-state index contributed by atoms with van der Waals surface area (Å²) in [6, 6.07) is 5.94. The fourth-order valence-corrected chi connectivity index (χ4v) is 4.11. The summed E-state index contributed by atoms with van der Waals surface area (Å²) in [4.78, 5) is 0. The van der Waals surface area contributed by atoms with Gasteiger partial charge in [0.2, 0.25) is 0 Å². The molecule has 1 heterocycles. The lowest BCUT2D eigenvalue weighted by Gasteiger charge is -2.31. The van der Waals surface area contributed by atoms with E-state index in [1.807, 2.05) is 19.1 Å². The summed E-state index contributed by atoms with van der Waals surface area (Å²) in [5, 5.41) is 4.29. The van der Waals surface area contributed by atoms with Crippen LogP contribution in [-0.4, -0.2) is 17.5 Å². The molecule has 1 aromatic carbocycles. The van der Waals surface area contributed by atoms with Gasteiger partial charge in [-0.15, -0.1) is 0 Å². The van der Waals surface area contributed by atoms with Gasteiger partial charge in [0, 0.05) is 11.3 Å². The van der Waals surface area contributed by atoms with E-state index >= 15 is 0 Å². The monoisotopic (exact) mass is 281 g/mol. The van der Waals surface area contributed by atoms with Crippen molar-refractivity contribution < 1.29 is 4.39 Å². The van der Waals surface area contributed by atoms with Crippen molar-refractivity contribution in [2.75, 3.05) is 12.3 Å². The molecule has 0 bridgehead atoms. The van der Waals surface area contributed by atoms with Crippen molar-refractivity contribution in [3.05, 3.63) is 35.1 Å². The molecule has 2 atom stereocenters. The fourth-order valence-electron chi connectivity index (χ4n) is 2.65. The van der Waals surface area contributed by atoms with E-state index in [-0.39, 0.29) is 5.82 Å². The maximum absolute atomic E-state index is 13.4. The molecule has 1 nitrogen and oxygen atoms in total. The molecule has 0 spiro atoms. The van der Waals surface area contributed by atoms with Gasteiger partial charge in [0.1, 0.15) is 5.82 Å². The Morgan fingerprint density at radius 2 is 2.26 bits per heavy atom. The topological polar surface area (TPSA) is 12.0 Å². The van der Waals surface area contributed by atoms with Gasteiger partial charge in [-0.05, 0) is 55.7 Å². The summed E-state index contributed by atoms with van der Waals surface area (Å²) in [5.41, 5.74) is 1.99. The van der Waals surface area contributed by atoms with Crippen LogP contribution < -0.4 is 5.32 Å². The lowest BCUT2D eigenvalue weighted by molar-refractivity contribution is 0.478. The minimum Gasteiger partial charge on any atom is -0.309 e. The summed E-state index contributed by atoms with van der Waals surface area (Å²) in [6.45, 7) is 5.07. The smallest absolute Gasteiger partial charge is 0.126 e. The van der Waals surface area contributed by atoms with Gasteiger partial charge in [0.05, 0.1) is 0 Å². The molecule has 1 aliphatic rings. The van der Waals surface area contributed by atoms with Gasteiger partial charge in [0.15, 0.2) is 0 Å². The summed E-state index contributed by atoms with van der Waals surface area (Å²) < 4.78 is 13.4. The van der Waals surface area contributed by atoms with Gasteiger partial charge in [-0.1, -0.05) is 25.5 Å². The Bertz CT molecular complexity index is 402. The molecule has 106 valence electrons. The van der Waals surface area contributed by atoms with Crippen molar-refractivity contribution in [3.63, 3.8) is 0 Å². The third-order valence-corrected chi connectivity index (χ3v) is 5.20. The van der Waals surface area contributed by atoms with E-state index in [1.54, 1.807) is 6.07 Å². The largest absolute Gasteiger partial charge is 0.309 e. The third kappa shape index (κ3) is 3.96. The second kappa shape index (κ2) is 7.30. The molecule has 0 saturated carbocycles. The highest BCUT2D eigenvalue weighted by Gasteiger charge is 2.25. The van der Waals surface area contributed by atoms with Gasteiger partial charge in [-0.2, -0.15) is 11.8 Å². The zero-order valence-corrected chi connectivity index (χ0v) is 12.7. The van der Waals surface area contributed by atoms with E-state index in [2.05, 4.69) is 24.0 Å². The maximum Gasteiger partial charge on any atom is 0.126 e. The Morgan fingerprint density at radius 3 is 2.89 bits per heavy atom. The predicted molar refractivity (Wildman–Crippen MR) is 82.3 cm³/mol. The Kier molecular flexibility index (Phi) is 5.71. The van der Waals surface area contributed by atoms with E-state index < -0.39 is 0 Å². The van der Waals surface area contributed by atoms with Crippen LogP contribution in [-0.2, 0) is 0 Å². The molecule has 2 rings (SSSR count). The number of nitrogens with one attached hydrogen (secondary N) is 1. The van der Waals surface area contributed by atoms with Crippen molar-refractivity contribution in [2.24, 2.45) is 0 Å². The SMILES string of the molecule is CCCNC(c1ccc(F)c(C)c1)C1CCCCS1. The Labute approximate surface area is 120 Å². The summed E-state index contributed by atoms with van der Waals surface area (Å²) in [5.74, 6) is 1.16. The Balaban J connectivity index is 2.17. The summed E-state index contributed by atoms with van der Waals surface area (Å²) in [6.07, 6.45) is 5.06.